The lowest BCUT2D eigenvalue weighted by Crippen LogP contribution is -2.74. The second-order valence-electron chi connectivity index (χ2n) is 9.96. The average molecular weight is 386 g/mol. The first-order valence-corrected chi connectivity index (χ1v) is 10.4. The standard InChI is InChI=1S/C21H39NO5/c1-7-12(2)8-11-21(26)13(3)15(23)16(24)17-19(4,5)10-9-14(20(17,21)6)27-18(22)25/h12-17,23-24,26H,7-11H2,1-6H3,(H2,22,25)/t12-,13+,14?,15+,16+,17+,20+,21+/m1/s1. The maximum Gasteiger partial charge on any atom is 0.404 e. The normalized spacial score (nSPS) is 45.0. The Balaban J connectivity index is 2.58. The van der Waals surface area contributed by atoms with Gasteiger partial charge in [0.1, 0.15) is 6.10 Å². The first-order valence-electron chi connectivity index (χ1n) is 10.4. The Kier molecular flexibility index (Phi) is 6.25. The lowest BCUT2D eigenvalue weighted by atomic mass is 9.41. The maximum atomic E-state index is 12.0. The third-order valence-electron chi connectivity index (χ3n) is 8.07. The van der Waals surface area contributed by atoms with E-state index in [0.29, 0.717) is 25.2 Å². The van der Waals surface area contributed by atoms with Gasteiger partial charge in [-0.2, -0.15) is 0 Å². The van der Waals surface area contributed by atoms with Crippen LogP contribution < -0.4 is 5.73 Å². The lowest BCUT2D eigenvalue weighted by molar-refractivity contribution is -0.304. The summed E-state index contributed by atoms with van der Waals surface area (Å²) >= 11 is 0. The van der Waals surface area contributed by atoms with Crippen molar-refractivity contribution >= 4 is 6.09 Å². The Morgan fingerprint density at radius 3 is 2.37 bits per heavy atom. The molecule has 2 aliphatic rings. The van der Waals surface area contributed by atoms with E-state index < -0.39 is 47.3 Å². The molecule has 1 unspecified atom stereocenters. The molecule has 2 fully saturated rings. The van der Waals surface area contributed by atoms with Gasteiger partial charge in [0.05, 0.1) is 17.8 Å². The van der Waals surface area contributed by atoms with Crippen LogP contribution in [0.3, 0.4) is 0 Å². The van der Waals surface area contributed by atoms with Crippen LogP contribution in [0.25, 0.3) is 0 Å². The number of nitrogens with two attached hydrogens (primary N) is 1. The molecule has 5 N–H and O–H groups in total. The average Bonchev–Trinajstić information content (AvgIpc) is 2.58. The van der Waals surface area contributed by atoms with Gasteiger partial charge in [-0.15, -0.1) is 0 Å². The summed E-state index contributed by atoms with van der Waals surface area (Å²) in [6.45, 7) is 12.1. The Labute approximate surface area is 163 Å². The van der Waals surface area contributed by atoms with E-state index in [1.54, 1.807) is 6.92 Å². The highest BCUT2D eigenvalue weighted by Gasteiger charge is 2.70. The predicted octanol–water partition coefficient (Wildman–Crippen LogP) is 2.82. The molecule has 6 heteroatoms. The molecule has 0 aromatic rings. The molecule has 6 nitrogen and oxygen atoms in total. The molecule has 8 atom stereocenters. The topological polar surface area (TPSA) is 113 Å². The summed E-state index contributed by atoms with van der Waals surface area (Å²) in [5.74, 6) is -0.540. The van der Waals surface area contributed by atoms with Crippen molar-refractivity contribution in [2.24, 2.45) is 34.3 Å². The van der Waals surface area contributed by atoms with Crippen molar-refractivity contribution in [1.82, 2.24) is 0 Å². The summed E-state index contributed by atoms with van der Waals surface area (Å²) in [4.78, 5) is 11.6. The number of carbonyl (C=O) groups is 1. The van der Waals surface area contributed by atoms with Crippen LogP contribution in [-0.2, 0) is 4.74 Å². The van der Waals surface area contributed by atoms with Crippen LogP contribution in [0.2, 0.25) is 0 Å². The minimum atomic E-state index is -1.28. The number of hydrogen-bond donors (Lipinski definition) is 4. The van der Waals surface area contributed by atoms with Crippen LogP contribution in [0.1, 0.15) is 73.6 Å². The second kappa shape index (κ2) is 7.53. The molecular weight excluding hydrogens is 346 g/mol. The van der Waals surface area contributed by atoms with Gasteiger partial charge in [0.2, 0.25) is 0 Å². The number of rotatable bonds is 5. The van der Waals surface area contributed by atoms with Crippen LogP contribution in [0.15, 0.2) is 0 Å². The van der Waals surface area contributed by atoms with Crippen molar-refractivity contribution < 1.29 is 24.9 Å². The van der Waals surface area contributed by atoms with Gasteiger partial charge in [-0.05, 0) is 37.0 Å². The zero-order valence-electron chi connectivity index (χ0n) is 17.7. The molecule has 0 aliphatic heterocycles. The van der Waals surface area contributed by atoms with E-state index in [0.717, 1.165) is 12.8 Å². The van der Waals surface area contributed by atoms with Crippen molar-refractivity contribution in [3.8, 4) is 0 Å². The Morgan fingerprint density at radius 1 is 1.26 bits per heavy atom. The summed E-state index contributed by atoms with van der Waals surface area (Å²) in [7, 11) is 0. The zero-order valence-corrected chi connectivity index (χ0v) is 17.7. The number of aliphatic hydroxyl groups excluding tert-OH is 2. The molecule has 2 aliphatic carbocycles. The zero-order chi connectivity index (χ0) is 20.8. The third-order valence-corrected chi connectivity index (χ3v) is 8.07. The summed E-state index contributed by atoms with van der Waals surface area (Å²) in [6, 6.07) is 0. The summed E-state index contributed by atoms with van der Waals surface area (Å²) < 4.78 is 5.50. The molecule has 2 rings (SSSR count). The molecule has 1 amide bonds. The van der Waals surface area contributed by atoms with Crippen molar-refractivity contribution in [1.29, 1.82) is 0 Å². The number of amides is 1. The fourth-order valence-corrected chi connectivity index (χ4v) is 6.09. The maximum absolute atomic E-state index is 12.0. The highest BCUT2D eigenvalue weighted by atomic mass is 16.6. The molecule has 0 aromatic carbocycles. The summed E-state index contributed by atoms with van der Waals surface area (Å²) in [5.41, 5.74) is 2.84. The van der Waals surface area contributed by atoms with E-state index in [1.165, 1.54) is 0 Å². The number of fused-ring (bicyclic) bond motifs is 1. The Morgan fingerprint density at radius 2 is 1.85 bits per heavy atom. The molecule has 158 valence electrons. The van der Waals surface area contributed by atoms with Gasteiger partial charge in [-0.3, -0.25) is 0 Å². The smallest absolute Gasteiger partial charge is 0.404 e. The van der Waals surface area contributed by atoms with E-state index in [-0.39, 0.29) is 5.41 Å². The monoisotopic (exact) mass is 385 g/mol. The van der Waals surface area contributed by atoms with E-state index in [2.05, 4.69) is 27.7 Å². The summed E-state index contributed by atoms with van der Waals surface area (Å²) in [5, 5.41) is 33.9. The predicted molar refractivity (Wildman–Crippen MR) is 104 cm³/mol. The number of ether oxygens (including phenoxy) is 1. The van der Waals surface area contributed by atoms with E-state index in [1.807, 2.05) is 6.92 Å². The molecule has 0 radical (unpaired) electrons. The SMILES string of the molecule is CC[C@@H](C)CC[C@]1(O)[C@@H](C)[C@H](O)[C@H](O)[C@H]2C(C)(C)CCC(OC(N)=O)[C@@]21C. The van der Waals surface area contributed by atoms with Crippen LogP contribution in [0, 0.1) is 28.6 Å². The van der Waals surface area contributed by atoms with Gasteiger partial charge < -0.3 is 25.8 Å². The van der Waals surface area contributed by atoms with Crippen LogP contribution in [0.5, 0.6) is 0 Å². The van der Waals surface area contributed by atoms with Gasteiger partial charge in [0, 0.05) is 17.3 Å². The highest BCUT2D eigenvalue weighted by molar-refractivity contribution is 5.65. The minimum Gasteiger partial charge on any atom is -0.446 e. The van der Waals surface area contributed by atoms with E-state index >= 15 is 0 Å². The van der Waals surface area contributed by atoms with Crippen LogP contribution >= 0.6 is 0 Å². The van der Waals surface area contributed by atoms with Crippen LogP contribution in [0.4, 0.5) is 4.79 Å². The van der Waals surface area contributed by atoms with Crippen LogP contribution in [-0.4, -0.2) is 45.3 Å². The van der Waals surface area contributed by atoms with Gasteiger partial charge in [0.25, 0.3) is 0 Å². The number of primary amides is 1. The van der Waals surface area contributed by atoms with Gasteiger partial charge in [-0.25, -0.2) is 4.79 Å². The van der Waals surface area contributed by atoms with E-state index in [9.17, 15) is 20.1 Å². The van der Waals surface area contributed by atoms with Crippen molar-refractivity contribution in [3.63, 3.8) is 0 Å². The number of carbonyl (C=O) groups excluding carboxylic acids is 1. The molecule has 0 saturated heterocycles. The van der Waals surface area contributed by atoms with E-state index in [4.69, 9.17) is 10.5 Å². The molecule has 27 heavy (non-hydrogen) atoms. The quantitative estimate of drug-likeness (QED) is 0.581. The first kappa shape index (κ1) is 22.4. The molecule has 0 aromatic heterocycles. The number of aliphatic hydroxyl groups is 3. The lowest BCUT2D eigenvalue weighted by Gasteiger charge is -2.67. The molecular formula is C21H39NO5. The number of hydrogen-bond acceptors (Lipinski definition) is 5. The highest BCUT2D eigenvalue weighted by Crippen LogP contribution is 2.64. The first-order chi connectivity index (χ1) is 12.3. The van der Waals surface area contributed by atoms with Crippen molar-refractivity contribution in [3.05, 3.63) is 0 Å². The van der Waals surface area contributed by atoms with Crippen molar-refractivity contribution in [2.45, 2.75) is 97.6 Å². The molecule has 2 saturated carbocycles. The molecule has 0 spiro atoms. The molecule has 0 bridgehead atoms. The second-order valence-corrected chi connectivity index (χ2v) is 9.96. The van der Waals surface area contributed by atoms with Crippen molar-refractivity contribution in [2.75, 3.05) is 0 Å². The van der Waals surface area contributed by atoms with Gasteiger partial charge in [0.15, 0.2) is 0 Å². The Hall–Kier alpha value is -0.850. The fraction of sp³-hybridized carbons (Fsp3) is 0.952. The van der Waals surface area contributed by atoms with Gasteiger partial charge in [-0.1, -0.05) is 48.0 Å². The largest absolute Gasteiger partial charge is 0.446 e. The molecule has 0 heterocycles. The summed E-state index contributed by atoms with van der Waals surface area (Å²) in [6.07, 6.45) is 0.0784. The minimum absolute atomic E-state index is 0.322. The third kappa shape index (κ3) is 3.49. The van der Waals surface area contributed by atoms with Gasteiger partial charge >= 0.3 is 6.09 Å². The Bertz CT molecular complexity index is 553. The fourth-order valence-electron chi connectivity index (χ4n) is 6.09.